The molecule has 0 saturated heterocycles. The smallest absolute Gasteiger partial charge is 0.275 e. The van der Waals surface area contributed by atoms with Gasteiger partial charge >= 0.3 is 0 Å². The highest BCUT2D eigenvalue weighted by molar-refractivity contribution is 7.15. The molecule has 0 aliphatic heterocycles. The van der Waals surface area contributed by atoms with Gasteiger partial charge in [-0.2, -0.15) is 5.10 Å². The zero-order valence-corrected chi connectivity index (χ0v) is 15.6. The molecular formula is C17H18N4O4S. The first-order valence-electron chi connectivity index (χ1n) is 7.65. The van der Waals surface area contributed by atoms with Crippen LogP contribution in [0.2, 0.25) is 0 Å². The number of rotatable bonds is 6. The standard InChI is InChI=1S/C17H18N4O4S/c1-9-8-18-17(26-9)19-16(22)12-7-11(20-21-12)10-5-13(23-2)15(25-4)14(6-10)24-3/h5-8H,1-4H3,(H,20,21)(H,18,19,22). The first kappa shape index (κ1) is 17.7. The Morgan fingerprint density at radius 2 is 1.81 bits per heavy atom. The van der Waals surface area contributed by atoms with Crippen LogP contribution in [0.1, 0.15) is 15.4 Å². The largest absolute Gasteiger partial charge is 0.493 e. The summed E-state index contributed by atoms with van der Waals surface area (Å²) in [5.41, 5.74) is 1.62. The molecule has 0 atom stereocenters. The van der Waals surface area contributed by atoms with E-state index < -0.39 is 0 Å². The molecule has 2 N–H and O–H groups in total. The molecule has 0 saturated carbocycles. The van der Waals surface area contributed by atoms with E-state index in [0.29, 0.717) is 33.8 Å². The van der Waals surface area contributed by atoms with Crippen LogP contribution in [0.3, 0.4) is 0 Å². The van der Waals surface area contributed by atoms with E-state index in [1.54, 1.807) is 38.6 Å². The number of carbonyl (C=O) groups excluding carboxylic acids is 1. The van der Waals surface area contributed by atoms with Gasteiger partial charge in [0.1, 0.15) is 5.69 Å². The lowest BCUT2D eigenvalue weighted by molar-refractivity contribution is 0.102. The number of nitrogens with one attached hydrogen (secondary N) is 2. The summed E-state index contributed by atoms with van der Waals surface area (Å²) in [4.78, 5) is 17.5. The molecule has 8 nitrogen and oxygen atoms in total. The minimum absolute atomic E-state index is 0.314. The number of aromatic amines is 1. The van der Waals surface area contributed by atoms with Gasteiger partial charge in [0.2, 0.25) is 5.75 Å². The number of H-pyrrole nitrogens is 1. The number of ether oxygens (including phenoxy) is 3. The van der Waals surface area contributed by atoms with E-state index in [1.165, 1.54) is 18.4 Å². The fourth-order valence-electron chi connectivity index (χ4n) is 2.39. The zero-order chi connectivity index (χ0) is 18.7. The quantitative estimate of drug-likeness (QED) is 0.688. The molecule has 0 aliphatic rings. The Morgan fingerprint density at radius 3 is 2.35 bits per heavy atom. The number of benzene rings is 1. The first-order valence-corrected chi connectivity index (χ1v) is 8.47. The predicted octanol–water partition coefficient (Wildman–Crippen LogP) is 3.12. The monoisotopic (exact) mass is 374 g/mol. The second-order valence-corrected chi connectivity index (χ2v) is 6.55. The molecule has 9 heteroatoms. The zero-order valence-electron chi connectivity index (χ0n) is 14.7. The van der Waals surface area contributed by atoms with Crippen LogP contribution in [0, 0.1) is 6.92 Å². The lowest BCUT2D eigenvalue weighted by Crippen LogP contribution is -2.11. The van der Waals surface area contributed by atoms with E-state index in [0.717, 1.165) is 10.4 Å². The van der Waals surface area contributed by atoms with Gasteiger partial charge in [-0.25, -0.2) is 4.98 Å². The van der Waals surface area contributed by atoms with E-state index in [4.69, 9.17) is 14.2 Å². The normalized spacial score (nSPS) is 10.5. The molecule has 0 bridgehead atoms. The first-order chi connectivity index (χ1) is 12.5. The van der Waals surface area contributed by atoms with Gasteiger partial charge in [-0.1, -0.05) is 0 Å². The van der Waals surface area contributed by atoms with Crippen LogP contribution in [0.4, 0.5) is 5.13 Å². The number of methoxy groups -OCH3 is 3. The molecule has 1 amide bonds. The average molecular weight is 374 g/mol. The van der Waals surface area contributed by atoms with Gasteiger partial charge in [-0.3, -0.25) is 15.2 Å². The second kappa shape index (κ2) is 7.44. The SMILES string of the molecule is COc1cc(-c2cc(C(=O)Nc3ncc(C)s3)[nH]n2)cc(OC)c1OC. The summed E-state index contributed by atoms with van der Waals surface area (Å²) in [6, 6.07) is 5.18. The van der Waals surface area contributed by atoms with Gasteiger partial charge in [0.15, 0.2) is 16.6 Å². The Labute approximate surface area is 154 Å². The average Bonchev–Trinajstić information content (AvgIpc) is 3.29. The Kier molecular flexibility index (Phi) is 5.08. The highest BCUT2D eigenvalue weighted by Gasteiger charge is 2.17. The molecule has 2 aromatic heterocycles. The van der Waals surface area contributed by atoms with Crippen molar-refractivity contribution >= 4 is 22.4 Å². The molecule has 0 unspecified atom stereocenters. The van der Waals surface area contributed by atoms with Crippen LogP contribution in [-0.2, 0) is 0 Å². The van der Waals surface area contributed by atoms with E-state index in [2.05, 4.69) is 20.5 Å². The van der Waals surface area contributed by atoms with Crippen molar-refractivity contribution in [3.05, 3.63) is 35.0 Å². The van der Waals surface area contributed by atoms with Gasteiger partial charge in [0, 0.05) is 16.6 Å². The highest BCUT2D eigenvalue weighted by Crippen LogP contribution is 2.40. The van der Waals surface area contributed by atoms with Gasteiger partial charge < -0.3 is 14.2 Å². The Bertz CT molecular complexity index is 909. The molecule has 3 rings (SSSR count). The van der Waals surface area contributed by atoms with Crippen LogP contribution in [-0.4, -0.2) is 42.4 Å². The number of amides is 1. The highest BCUT2D eigenvalue weighted by atomic mass is 32.1. The van der Waals surface area contributed by atoms with E-state index in [1.807, 2.05) is 6.92 Å². The van der Waals surface area contributed by atoms with Crippen molar-refractivity contribution in [3.63, 3.8) is 0 Å². The lowest BCUT2D eigenvalue weighted by atomic mass is 10.1. The number of thiazole rings is 1. The molecule has 1 aromatic carbocycles. The van der Waals surface area contributed by atoms with Crippen molar-refractivity contribution in [3.8, 4) is 28.5 Å². The van der Waals surface area contributed by atoms with Crippen molar-refractivity contribution < 1.29 is 19.0 Å². The van der Waals surface area contributed by atoms with E-state index in [-0.39, 0.29) is 5.91 Å². The molecule has 0 radical (unpaired) electrons. The second-order valence-electron chi connectivity index (χ2n) is 5.31. The number of nitrogens with zero attached hydrogens (tertiary/aromatic N) is 2. The van der Waals surface area contributed by atoms with Gasteiger partial charge in [-0.05, 0) is 25.1 Å². The van der Waals surface area contributed by atoms with Crippen molar-refractivity contribution in [1.29, 1.82) is 0 Å². The minimum atomic E-state index is -0.314. The summed E-state index contributed by atoms with van der Waals surface area (Å²) in [7, 11) is 4.62. The molecule has 2 heterocycles. The van der Waals surface area contributed by atoms with Gasteiger partial charge in [0.05, 0.1) is 27.0 Å². The van der Waals surface area contributed by atoms with Crippen LogP contribution in [0.5, 0.6) is 17.2 Å². The van der Waals surface area contributed by atoms with Crippen LogP contribution < -0.4 is 19.5 Å². The van der Waals surface area contributed by atoms with Gasteiger partial charge in [0.25, 0.3) is 5.91 Å². The molecule has 0 fully saturated rings. The third-order valence-electron chi connectivity index (χ3n) is 3.62. The maximum Gasteiger partial charge on any atom is 0.275 e. The maximum absolute atomic E-state index is 12.3. The van der Waals surface area contributed by atoms with Gasteiger partial charge in [-0.15, -0.1) is 11.3 Å². The topological polar surface area (TPSA) is 98.4 Å². The Hall–Kier alpha value is -3.07. The van der Waals surface area contributed by atoms with Crippen LogP contribution in [0.25, 0.3) is 11.3 Å². The molecule has 3 aromatic rings. The maximum atomic E-state index is 12.3. The summed E-state index contributed by atoms with van der Waals surface area (Å²) in [5, 5.41) is 10.2. The summed E-state index contributed by atoms with van der Waals surface area (Å²) in [6.07, 6.45) is 1.70. The van der Waals surface area contributed by atoms with Crippen molar-refractivity contribution in [2.24, 2.45) is 0 Å². The fraction of sp³-hybridized carbons (Fsp3) is 0.235. The van der Waals surface area contributed by atoms with Crippen LogP contribution in [0.15, 0.2) is 24.4 Å². The minimum Gasteiger partial charge on any atom is -0.493 e. The number of aryl methyl sites for hydroxylation is 1. The Balaban J connectivity index is 1.88. The number of hydrogen-bond donors (Lipinski definition) is 2. The van der Waals surface area contributed by atoms with E-state index in [9.17, 15) is 4.79 Å². The van der Waals surface area contributed by atoms with Crippen molar-refractivity contribution in [2.45, 2.75) is 6.92 Å². The molecule has 0 spiro atoms. The summed E-state index contributed by atoms with van der Waals surface area (Å²) >= 11 is 1.40. The molecular weight excluding hydrogens is 356 g/mol. The number of hydrogen-bond acceptors (Lipinski definition) is 7. The third-order valence-corrected chi connectivity index (χ3v) is 4.45. The van der Waals surface area contributed by atoms with Crippen molar-refractivity contribution in [1.82, 2.24) is 15.2 Å². The molecule has 26 heavy (non-hydrogen) atoms. The summed E-state index contributed by atoms with van der Waals surface area (Å²) < 4.78 is 16.0. The number of carbonyl (C=O) groups is 1. The predicted molar refractivity (Wildman–Crippen MR) is 98.5 cm³/mol. The third kappa shape index (κ3) is 3.47. The summed E-state index contributed by atoms with van der Waals surface area (Å²) in [5.74, 6) is 1.19. The number of aromatic nitrogens is 3. The molecule has 0 aliphatic carbocycles. The molecule has 136 valence electrons. The number of anilines is 1. The van der Waals surface area contributed by atoms with Crippen molar-refractivity contribution in [2.75, 3.05) is 26.6 Å². The van der Waals surface area contributed by atoms with E-state index >= 15 is 0 Å². The Morgan fingerprint density at radius 1 is 1.12 bits per heavy atom. The fourth-order valence-corrected chi connectivity index (χ4v) is 3.05. The van der Waals surface area contributed by atoms with Crippen LogP contribution >= 0.6 is 11.3 Å². The lowest BCUT2D eigenvalue weighted by Gasteiger charge is -2.13. The summed E-state index contributed by atoms with van der Waals surface area (Å²) in [6.45, 7) is 1.92.